The molecule has 3 N–H and O–H groups in total. The molecular formula is C26H34N8O3. The smallest absolute Gasteiger partial charge is 0.294 e. The Labute approximate surface area is 217 Å². The Hall–Kier alpha value is -4.25. The first-order valence-corrected chi connectivity index (χ1v) is 11.9. The number of methoxy groups -OCH3 is 1. The van der Waals surface area contributed by atoms with Crippen LogP contribution in [0.25, 0.3) is 0 Å². The molecule has 0 saturated carbocycles. The molecule has 11 nitrogen and oxygen atoms in total. The fourth-order valence-corrected chi connectivity index (χ4v) is 3.70. The Bertz CT molecular complexity index is 1260. The van der Waals surface area contributed by atoms with Gasteiger partial charge in [-0.2, -0.15) is 0 Å². The minimum absolute atomic E-state index is 0.0675. The first-order chi connectivity index (χ1) is 17.6. The zero-order chi connectivity index (χ0) is 27.1. The second kappa shape index (κ2) is 12.1. The normalized spacial score (nSPS) is 10.9. The molecule has 0 aliphatic carbocycles. The van der Waals surface area contributed by atoms with E-state index in [9.17, 15) is 10.1 Å². The largest absolute Gasteiger partial charge is 0.494 e. The fraction of sp³-hybridized carbons (Fsp3) is 0.346. The molecule has 0 unspecified atom stereocenters. The maximum atomic E-state index is 11.9. The molecule has 0 aliphatic heterocycles. The van der Waals surface area contributed by atoms with E-state index in [0.717, 1.165) is 12.2 Å². The lowest BCUT2D eigenvalue weighted by atomic mass is 10.0. The molecule has 1 heterocycles. The maximum absolute atomic E-state index is 11.9. The van der Waals surface area contributed by atoms with Crippen LogP contribution in [0.4, 0.5) is 28.7 Å². The van der Waals surface area contributed by atoms with Gasteiger partial charge in [0.25, 0.3) is 5.69 Å². The number of benzene rings is 2. The number of hydrogen-bond donors (Lipinski definition) is 3. The van der Waals surface area contributed by atoms with Gasteiger partial charge in [-0.1, -0.05) is 18.2 Å². The summed E-state index contributed by atoms with van der Waals surface area (Å²) >= 11 is 0. The van der Waals surface area contributed by atoms with E-state index in [1.165, 1.54) is 13.2 Å². The number of anilines is 4. The summed E-state index contributed by atoms with van der Waals surface area (Å²) in [6, 6.07) is 12.5. The molecule has 0 saturated heterocycles. The highest BCUT2D eigenvalue weighted by atomic mass is 16.6. The van der Waals surface area contributed by atoms with Gasteiger partial charge in [0.2, 0.25) is 5.95 Å². The molecular weight excluding hydrogens is 472 g/mol. The molecule has 37 heavy (non-hydrogen) atoms. The fourth-order valence-electron chi connectivity index (χ4n) is 3.70. The van der Waals surface area contributed by atoms with Crippen LogP contribution in [0.3, 0.4) is 0 Å². The number of nitrogens with zero attached hydrogens (tertiary/aromatic N) is 5. The van der Waals surface area contributed by atoms with E-state index in [0.29, 0.717) is 34.9 Å². The molecule has 0 spiro atoms. The van der Waals surface area contributed by atoms with Crippen molar-refractivity contribution in [2.24, 2.45) is 0 Å². The van der Waals surface area contributed by atoms with Crippen LogP contribution in [-0.2, 0) is 0 Å². The number of aromatic nitrogens is 2. The quantitative estimate of drug-likeness (QED) is 0.186. The van der Waals surface area contributed by atoms with Crippen LogP contribution in [0.1, 0.15) is 25.1 Å². The van der Waals surface area contributed by atoms with Gasteiger partial charge >= 0.3 is 0 Å². The van der Waals surface area contributed by atoms with Crippen molar-refractivity contribution in [3.05, 3.63) is 70.0 Å². The predicted molar refractivity (Wildman–Crippen MR) is 148 cm³/mol. The van der Waals surface area contributed by atoms with Crippen molar-refractivity contribution in [3.8, 4) is 5.75 Å². The van der Waals surface area contributed by atoms with Gasteiger partial charge in [-0.25, -0.2) is 9.97 Å². The molecule has 3 rings (SSSR count). The van der Waals surface area contributed by atoms with Crippen LogP contribution in [-0.4, -0.2) is 72.9 Å². The number of nitro groups is 1. The van der Waals surface area contributed by atoms with E-state index < -0.39 is 4.92 Å². The average molecular weight is 507 g/mol. The van der Waals surface area contributed by atoms with E-state index in [2.05, 4.69) is 20.6 Å². The second-order valence-corrected chi connectivity index (χ2v) is 9.13. The number of ether oxygens (including phenoxy) is 1. The first kappa shape index (κ1) is 27.3. The van der Waals surface area contributed by atoms with Crippen LogP contribution in [0.15, 0.2) is 48.7 Å². The zero-order valence-corrected chi connectivity index (χ0v) is 22.1. The SMILES string of the molecule is COc1cc(N(C)CCN(C)C)c([N+](=O)[O-])cc1Nc1nccc(C(=N)c2ccccc2NC(C)C)n1. The van der Waals surface area contributed by atoms with Gasteiger partial charge in [0.05, 0.1) is 29.1 Å². The number of nitrogens with one attached hydrogen (secondary N) is 3. The predicted octanol–water partition coefficient (Wildman–Crippen LogP) is 4.37. The Morgan fingerprint density at radius 1 is 1.14 bits per heavy atom. The summed E-state index contributed by atoms with van der Waals surface area (Å²) < 4.78 is 5.54. The minimum Gasteiger partial charge on any atom is -0.494 e. The third kappa shape index (κ3) is 6.91. The highest BCUT2D eigenvalue weighted by molar-refractivity contribution is 6.13. The lowest BCUT2D eigenvalue weighted by Crippen LogP contribution is -2.29. The molecule has 0 amide bonds. The minimum atomic E-state index is -0.419. The summed E-state index contributed by atoms with van der Waals surface area (Å²) in [7, 11) is 7.20. The third-order valence-corrected chi connectivity index (χ3v) is 5.59. The van der Waals surface area contributed by atoms with Crippen molar-refractivity contribution < 1.29 is 9.66 Å². The summed E-state index contributed by atoms with van der Waals surface area (Å²) in [5, 5.41) is 27.1. The third-order valence-electron chi connectivity index (χ3n) is 5.59. The van der Waals surface area contributed by atoms with Gasteiger partial charge in [-0.3, -0.25) is 15.5 Å². The van der Waals surface area contributed by atoms with Gasteiger partial charge in [0.1, 0.15) is 11.4 Å². The van der Waals surface area contributed by atoms with Crippen molar-refractivity contribution in [2.75, 3.05) is 56.9 Å². The first-order valence-electron chi connectivity index (χ1n) is 11.9. The van der Waals surface area contributed by atoms with E-state index in [-0.39, 0.29) is 23.4 Å². The molecule has 3 aromatic rings. The number of likely N-dealkylation sites (N-methyl/N-ethyl adjacent to an activating group) is 2. The summed E-state index contributed by atoms with van der Waals surface area (Å²) in [6.07, 6.45) is 1.54. The van der Waals surface area contributed by atoms with Crippen molar-refractivity contribution in [1.82, 2.24) is 14.9 Å². The van der Waals surface area contributed by atoms with E-state index in [1.54, 1.807) is 18.3 Å². The summed E-state index contributed by atoms with van der Waals surface area (Å²) in [5.41, 5.74) is 2.90. The zero-order valence-electron chi connectivity index (χ0n) is 22.1. The van der Waals surface area contributed by atoms with Gasteiger partial charge in [0.15, 0.2) is 0 Å². The van der Waals surface area contributed by atoms with Crippen molar-refractivity contribution >= 4 is 34.4 Å². The lowest BCUT2D eigenvalue weighted by Gasteiger charge is -2.22. The topological polar surface area (TPSA) is 133 Å². The van der Waals surface area contributed by atoms with Crippen LogP contribution < -0.4 is 20.3 Å². The molecule has 0 fully saturated rings. The number of nitro benzene ring substituents is 1. The number of rotatable bonds is 12. The number of para-hydroxylation sites is 1. The Morgan fingerprint density at radius 2 is 1.86 bits per heavy atom. The van der Waals surface area contributed by atoms with Crippen LogP contribution in [0, 0.1) is 15.5 Å². The van der Waals surface area contributed by atoms with Gasteiger partial charge in [0, 0.05) is 55.8 Å². The second-order valence-electron chi connectivity index (χ2n) is 9.13. The van der Waals surface area contributed by atoms with Crippen LogP contribution >= 0.6 is 0 Å². The Morgan fingerprint density at radius 3 is 2.51 bits per heavy atom. The molecule has 1 aromatic heterocycles. The van der Waals surface area contributed by atoms with Crippen LogP contribution in [0.2, 0.25) is 0 Å². The lowest BCUT2D eigenvalue weighted by molar-refractivity contribution is -0.384. The van der Waals surface area contributed by atoms with E-state index >= 15 is 0 Å². The molecule has 11 heteroatoms. The standard InChI is InChI=1S/C26H34N8O3/c1-17(2)29-19-10-8-7-9-18(19)25(27)20-11-12-28-26(30-20)31-21-15-23(34(35)36)22(16-24(21)37-6)33(5)14-13-32(3)4/h7-12,15-17,27,29H,13-14H2,1-6H3,(H,28,30,31). The van der Waals surface area contributed by atoms with E-state index in [1.807, 2.05) is 69.1 Å². The van der Waals surface area contributed by atoms with Crippen LogP contribution in [0.5, 0.6) is 5.75 Å². The Kier molecular flexibility index (Phi) is 8.96. The summed E-state index contributed by atoms with van der Waals surface area (Å²) in [6.45, 7) is 5.40. The molecule has 0 atom stereocenters. The van der Waals surface area contributed by atoms with Crippen molar-refractivity contribution in [2.45, 2.75) is 19.9 Å². The molecule has 2 aromatic carbocycles. The summed E-state index contributed by atoms with van der Waals surface area (Å²) in [5.74, 6) is 0.603. The molecule has 0 aliphatic rings. The molecule has 196 valence electrons. The van der Waals surface area contributed by atoms with E-state index in [4.69, 9.17) is 10.1 Å². The molecule has 0 bridgehead atoms. The van der Waals surface area contributed by atoms with Gasteiger partial charge < -0.3 is 25.2 Å². The highest BCUT2D eigenvalue weighted by Crippen LogP contribution is 2.38. The highest BCUT2D eigenvalue weighted by Gasteiger charge is 2.22. The molecule has 0 radical (unpaired) electrons. The average Bonchev–Trinajstić information content (AvgIpc) is 2.86. The van der Waals surface area contributed by atoms with Crippen molar-refractivity contribution in [3.63, 3.8) is 0 Å². The monoisotopic (exact) mass is 506 g/mol. The van der Waals surface area contributed by atoms with Crippen molar-refractivity contribution in [1.29, 1.82) is 5.41 Å². The summed E-state index contributed by atoms with van der Waals surface area (Å²) in [4.78, 5) is 24.1. The maximum Gasteiger partial charge on any atom is 0.294 e. The number of hydrogen-bond acceptors (Lipinski definition) is 10. The van der Waals surface area contributed by atoms with Gasteiger partial charge in [-0.15, -0.1) is 0 Å². The Balaban J connectivity index is 1.94. The van der Waals surface area contributed by atoms with Gasteiger partial charge in [-0.05, 0) is 40.1 Å².